The molecule has 0 saturated carbocycles. The van der Waals surface area contributed by atoms with Crippen LogP contribution in [0.5, 0.6) is 5.95 Å². The van der Waals surface area contributed by atoms with Gasteiger partial charge in [0.2, 0.25) is 0 Å². The van der Waals surface area contributed by atoms with Crippen molar-refractivity contribution in [3.05, 3.63) is 66.4 Å². The van der Waals surface area contributed by atoms with Crippen molar-refractivity contribution in [1.82, 2.24) is 0 Å². The predicted octanol–water partition coefficient (Wildman–Crippen LogP) is 3.77. The highest BCUT2D eigenvalue weighted by atomic mass is 16.8. The summed E-state index contributed by atoms with van der Waals surface area (Å²) in [6.45, 7) is 3.56. The summed E-state index contributed by atoms with van der Waals surface area (Å²) in [6, 6.07) is 11.9. The quantitative estimate of drug-likeness (QED) is 0.593. The van der Waals surface area contributed by atoms with Crippen LogP contribution in [0, 0.1) is 0 Å². The van der Waals surface area contributed by atoms with E-state index in [1.54, 1.807) is 6.07 Å². The van der Waals surface area contributed by atoms with E-state index in [2.05, 4.69) is 18.7 Å². The topological polar surface area (TPSA) is 48.7 Å². The summed E-state index contributed by atoms with van der Waals surface area (Å²) in [7, 11) is 0. The summed E-state index contributed by atoms with van der Waals surface area (Å²) in [5, 5.41) is 0. The predicted molar refractivity (Wildman–Crippen MR) is 74.7 cm³/mol. The fourth-order valence-corrected chi connectivity index (χ4v) is 1.75. The first kappa shape index (κ1) is 13.9. The van der Waals surface area contributed by atoms with Gasteiger partial charge in [0, 0.05) is 5.56 Å². The fourth-order valence-electron chi connectivity index (χ4n) is 1.75. The van der Waals surface area contributed by atoms with Gasteiger partial charge in [-0.15, -0.1) is 0 Å². The molecule has 0 aliphatic heterocycles. The smallest absolute Gasteiger partial charge is 0.434 e. The van der Waals surface area contributed by atoms with Gasteiger partial charge in [-0.25, -0.2) is 4.79 Å². The second-order valence-corrected chi connectivity index (χ2v) is 4.17. The monoisotopic (exact) mass is 272 g/mol. The normalized spacial score (nSPS) is 10.0. The van der Waals surface area contributed by atoms with Crippen LogP contribution in [-0.4, -0.2) is 12.8 Å². The highest BCUT2D eigenvalue weighted by Gasteiger charge is 2.13. The number of furan rings is 1. The Bertz CT molecular complexity index is 557. The molecule has 0 amide bonds. The molecule has 2 rings (SSSR count). The molecule has 0 saturated heterocycles. The number of hydrogen-bond donors (Lipinski definition) is 0. The average molecular weight is 272 g/mol. The van der Waals surface area contributed by atoms with Crippen molar-refractivity contribution >= 4 is 6.16 Å². The van der Waals surface area contributed by atoms with Crippen LogP contribution in [-0.2, 0) is 17.6 Å². The summed E-state index contributed by atoms with van der Waals surface area (Å²) < 4.78 is 14.9. The van der Waals surface area contributed by atoms with E-state index in [4.69, 9.17) is 13.9 Å². The van der Waals surface area contributed by atoms with E-state index < -0.39 is 6.16 Å². The first-order valence-corrected chi connectivity index (χ1v) is 6.35. The molecule has 0 atom stereocenters. The molecular weight excluding hydrogens is 256 g/mol. The largest absolute Gasteiger partial charge is 0.516 e. The van der Waals surface area contributed by atoms with Gasteiger partial charge < -0.3 is 13.9 Å². The van der Waals surface area contributed by atoms with E-state index >= 15 is 0 Å². The van der Waals surface area contributed by atoms with Crippen LogP contribution < -0.4 is 4.74 Å². The third-order valence-corrected chi connectivity index (χ3v) is 2.73. The van der Waals surface area contributed by atoms with Crippen LogP contribution in [0.3, 0.4) is 0 Å². The van der Waals surface area contributed by atoms with E-state index in [9.17, 15) is 4.79 Å². The number of carbonyl (C=O) groups excluding carboxylic acids is 1. The van der Waals surface area contributed by atoms with Crippen LogP contribution in [0.2, 0.25) is 0 Å². The van der Waals surface area contributed by atoms with Crippen molar-refractivity contribution in [3.63, 3.8) is 0 Å². The molecule has 104 valence electrons. The van der Waals surface area contributed by atoms with E-state index in [0.29, 0.717) is 0 Å². The lowest BCUT2D eigenvalue weighted by Gasteiger charge is -2.04. The summed E-state index contributed by atoms with van der Waals surface area (Å²) in [4.78, 5) is 11.3. The van der Waals surface area contributed by atoms with E-state index in [-0.39, 0.29) is 12.6 Å². The Hall–Kier alpha value is -2.49. The van der Waals surface area contributed by atoms with Crippen LogP contribution >= 0.6 is 0 Å². The highest BCUT2D eigenvalue weighted by Crippen LogP contribution is 2.22. The maximum absolute atomic E-state index is 11.3. The van der Waals surface area contributed by atoms with Gasteiger partial charge >= 0.3 is 6.16 Å². The van der Waals surface area contributed by atoms with E-state index in [1.165, 1.54) is 17.9 Å². The lowest BCUT2D eigenvalue weighted by Crippen LogP contribution is -2.11. The number of hydrogen-bond acceptors (Lipinski definition) is 4. The molecule has 0 bridgehead atoms. The van der Waals surface area contributed by atoms with Crippen molar-refractivity contribution in [2.45, 2.75) is 12.8 Å². The Morgan fingerprint density at radius 1 is 1.20 bits per heavy atom. The van der Waals surface area contributed by atoms with Crippen molar-refractivity contribution < 1.29 is 18.7 Å². The molecule has 0 fully saturated rings. The molecule has 0 spiro atoms. The minimum Gasteiger partial charge on any atom is -0.434 e. The molecule has 0 aliphatic rings. The lowest BCUT2D eigenvalue weighted by molar-refractivity contribution is 0.0994. The lowest BCUT2D eigenvalue weighted by atomic mass is 10.1. The van der Waals surface area contributed by atoms with Crippen molar-refractivity contribution in [3.8, 4) is 5.95 Å². The minimum absolute atomic E-state index is 0.110. The Morgan fingerprint density at radius 3 is 2.75 bits per heavy atom. The molecule has 0 unspecified atom stereocenters. The number of ether oxygens (including phenoxy) is 2. The van der Waals surface area contributed by atoms with Crippen molar-refractivity contribution in [2.75, 3.05) is 6.61 Å². The van der Waals surface area contributed by atoms with Crippen LogP contribution in [0.25, 0.3) is 0 Å². The summed E-state index contributed by atoms with van der Waals surface area (Å²) in [5.41, 5.74) is 2.05. The van der Waals surface area contributed by atoms with Gasteiger partial charge in [0.15, 0.2) is 0 Å². The van der Waals surface area contributed by atoms with Crippen molar-refractivity contribution in [1.29, 1.82) is 0 Å². The summed E-state index contributed by atoms with van der Waals surface area (Å²) in [6.07, 6.45) is 3.75. The fraction of sp³-hybridized carbons (Fsp3) is 0.188. The van der Waals surface area contributed by atoms with Crippen LogP contribution in [0.4, 0.5) is 4.79 Å². The first-order chi connectivity index (χ1) is 9.79. The third kappa shape index (κ3) is 4.02. The highest BCUT2D eigenvalue weighted by molar-refractivity contribution is 5.63. The molecule has 2 aromatic rings. The Morgan fingerprint density at radius 2 is 2.00 bits per heavy atom. The SMILES string of the molecule is C=CCOC(=O)Oc1occc1CCc1ccccc1. The zero-order valence-corrected chi connectivity index (χ0v) is 11.1. The van der Waals surface area contributed by atoms with Gasteiger partial charge in [-0.1, -0.05) is 43.0 Å². The zero-order chi connectivity index (χ0) is 14.2. The minimum atomic E-state index is -0.791. The Balaban J connectivity index is 1.91. The number of carbonyl (C=O) groups is 1. The summed E-state index contributed by atoms with van der Waals surface area (Å²) >= 11 is 0. The van der Waals surface area contributed by atoms with Gasteiger partial charge in [0.25, 0.3) is 5.95 Å². The average Bonchev–Trinajstić information content (AvgIpc) is 2.91. The molecule has 0 radical (unpaired) electrons. The van der Waals surface area contributed by atoms with Crippen LogP contribution in [0.1, 0.15) is 11.1 Å². The number of aryl methyl sites for hydroxylation is 2. The zero-order valence-electron chi connectivity index (χ0n) is 11.1. The molecule has 1 heterocycles. The maximum atomic E-state index is 11.3. The molecule has 0 N–H and O–H groups in total. The Labute approximate surface area is 117 Å². The van der Waals surface area contributed by atoms with Crippen molar-refractivity contribution in [2.24, 2.45) is 0 Å². The second-order valence-electron chi connectivity index (χ2n) is 4.17. The number of benzene rings is 1. The van der Waals surface area contributed by atoms with E-state index in [1.807, 2.05) is 18.2 Å². The molecule has 20 heavy (non-hydrogen) atoms. The first-order valence-electron chi connectivity index (χ1n) is 6.35. The second kappa shape index (κ2) is 7.19. The number of rotatable bonds is 6. The molecule has 4 nitrogen and oxygen atoms in total. The van der Waals surface area contributed by atoms with E-state index in [0.717, 1.165) is 18.4 Å². The Kier molecular flexibility index (Phi) is 5.00. The maximum Gasteiger partial charge on any atom is 0.516 e. The summed E-state index contributed by atoms with van der Waals surface area (Å²) in [5.74, 6) is 0.190. The van der Waals surface area contributed by atoms with Gasteiger partial charge in [-0.05, 0) is 24.5 Å². The van der Waals surface area contributed by atoms with Gasteiger partial charge in [-0.3, -0.25) is 0 Å². The van der Waals surface area contributed by atoms with Gasteiger partial charge in [-0.2, -0.15) is 0 Å². The van der Waals surface area contributed by atoms with Crippen LogP contribution in [0.15, 0.2) is 59.7 Å². The molecular formula is C16H16O4. The molecule has 1 aromatic carbocycles. The third-order valence-electron chi connectivity index (χ3n) is 2.73. The molecule has 0 aliphatic carbocycles. The molecule has 4 heteroatoms. The van der Waals surface area contributed by atoms with Gasteiger partial charge in [0.1, 0.15) is 6.61 Å². The molecule has 1 aromatic heterocycles. The van der Waals surface area contributed by atoms with Gasteiger partial charge in [0.05, 0.1) is 6.26 Å². The standard InChI is InChI=1S/C16H16O4/c1-2-11-19-16(17)20-15-14(10-12-18-15)9-8-13-6-4-3-5-7-13/h2-7,10,12H,1,8-9,11H2.